The Kier molecular flexibility index (Phi) is 5.62. The fourth-order valence-corrected chi connectivity index (χ4v) is 6.49. The van der Waals surface area contributed by atoms with E-state index in [1.807, 2.05) is 17.4 Å². The van der Waals surface area contributed by atoms with E-state index in [-0.39, 0.29) is 0 Å². The molecule has 0 radical (unpaired) electrons. The quantitative estimate of drug-likeness (QED) is 0.144. The Morgan fingerprint density at radius 1 is 0.829 bits per heavy atom. The summed E-state index contributed by atoms with van der Waals surface area (Å²) >= 11 is 4.27. The minimum absolute atomic E-state index is 1.14. The SMILES string of the molecule is C=C/C(=C\c1c(C)sc2ccc(C)cc12)c1ccc2c(c1)c1cc(I)ccc1n2-c1ccccc1. The van der Waals surface area contributed by atoms with E-state index in [4.69, 9.17) is 0 Å². The van der Waals surface area contributed by atoms with Crippen molar-refractivity contribution in [2.45, 2.75) is 13.8 Å². The molecular formula is C32H24INS. The lowest BCUT2D eigenvalue weighted by Gasteiger charge is -2.08. The molecule has 0 atom stereocenters. The zero-order chi connectivity index (χ0) is 24.1. The first kappa shape index (κ1) is 22.3. The molecule has 0 bridgehead atoms. The fraction of sp³-hybridized carbons (Fsp3) is 0.0625. The van der Waals surface area contributed by atoms with Gasteiger partial charge >= 0.3 is 0 Å². The van der Waals surface area contributed by atoms with Crippen molar-refractivity contribution in [3.05, 3.63) is 123 Å². The monoisotopic (exact) mass is 581 g/mol. The van der Waals surface area contributed by atoms with Crippen molar-refractivity contribution in [2.75, 3.05) is 0 Å². The lowest BCUT2D eigenvalue weighted by Crippen LogP contribution is -1.93. The van der Waals surface area contributed by atoms with Crippen LogP contribution < -0.4 is 0 Å². The van der Waals surface area contributed by atoms with Gasteiger partial charge in [-0.2, -0.15) is 0 Å². The molecule has 0 unspecified atom stereocenters. The summed E-state index contributed by atoms with van der Waals surface area (Å²) in [5.74, 6) is 0. The van der Waals surface area contributed by atoms with Gasteiger partial charge in [-0.25, -0.2) is 0 Å². The molecule has 1 nitrogen and oxygen atoms in total. The molecule has 0 aliphatic rings. The zero-order valence-corrected chi connectivity index (χ0v) is 22.7. The summed E-state index contributed by atoms with van der Waals surface area (Å²) in [4.78, 5) is 1.33. The normalized spacial score (nSPS) is 12.1. The number of aromatic nitrogens is 1. The van der Waals surface area contributed by atoms with Crippen molar-refractivity contribution < 1.29 is 0 Å². The summed E-state index contributed by atoms with van der Waals surface area (Å²) < 4.78 is 4.93. The Hall–Kier alpha value is -3.15. The van der Waals surface area contributed by atoms with Gasteiger partial charge in [-0.3, -0.25) is 0 Å². The van der Waals surface area contributed by atoms with Crippen LogP contribution in [0, 0.1) is 17.4 Å². The molecule has 170 valence electrons. The molecular weight excluding hydrogens is 557 g/mol. The van der Waals surface area contributed by atoms with Crippen LogP contribution in [0.5, 0.6) is 0 Å². The molecule has 0 amide bonds. The van der Waals surface area contributed by atoms with E-state index in [0.717, 1.165) is 5.57 Å². The number of benzene rings is 4. The van der Waals surface area contributed by atoms with Crippen molar-refractivity contribution in [1.82, 2.24) is 4.57 Å². The molecule has 2 heterocycles. The Balaban J connectivity index is 1.59. The molecule has 4 aromatic carbocycles. The summed E-state index contributed by atoms with van der Waals surface area (Å²) in [5.41, 5.74) is 8.53. The van der Waals surface area contributed by atoms with Crippen molar-refractivity contribution >= 4 is 77.5 Å². The van der Waals surface area contributed by atoms with E-state index >= 15 is 0 Å². The second-order valence-corrected chi connectivity index (χ2v) is 11.4. The van der Waals surface area contributed by atoms with Gasteiger partial charge in [-0.1, -0.05) is 48.6 Å². The van der Waals surface area contributed by atoms with Gasteiger partial charge in [0.25, 0.3) is 0 Å². The Bertz CT molecular complexity index is 1780. The highest BCUT2D eigenvalue weighted by Crippen LogP contribution is 2.37. The molecule has 0 saturated heterocycles. The second kappa shape index (κ2) is 8.81. The van der Waals surface area contributed by atoms with E-state index < -0.39 is 0 Å². The lowest BCUT2D eigenvalue weighted by molar-refractivity contribution is 1.18. The van der Waals surface area contributed by atoms with Gasteiger partial charge in [0.05, 0.1) is 11.0 Å². The molecule has 0 spiro atoms. The molecule has 0 aliphatic carbocycles. The van der Waals surface area contributed by atoms with Crippen molar-refractivity contribution in [3.8, 4) is 5.69 Å². The topological polar surface area (TPSA) is 4.93 Å². The summed E-state index contributed by atoms with van der Waals surface area (Å²) in [6, 6.07) is 30.9. The number of thiophene rings is 1. The minimum atomic E-state index is 1.14. The molecule has 0 saturated carbocycles. The second-order valence-electron chi connectivity index (χ2n) is 8.94. The molecule has 6 rings (SSSR count). The predicted octanol–water partition coefficient (Wildman–Crippen LogP) is 9.95. The van der Waals surface area contributed by atoms with Crippen LogP contribution in [0.2, 0.25) is 0 Å². The van der Waals surface area contributed by atoms with Crippen LogP contribution in [-0.2, 0) is 0 Å². The van der Waals surface area contributed by atoms with Crippen LogP contribution in [0.3, 0.4) is 0 Å². The van der Waals surface area contributed by atoms with Gasteiger partial charge in [-0.15, -0.1) is 11.3 Å². The number of fused-ring (bicyclic) bond motifs is 4. The molecule has 0 fully saturated rings. The third-order valence-electron chi connectivity index (χ3n) is 6.66. The van der Waals surface area contributed by atoms with E-state index in [1.54, 1.807) is 0 Å². The van der Waals surface area contributed by atoms with Crippen LogP contribution in [0.1, 0.15) is 21.6 Å². The number of hydrogen-bond donors (Lipinski definition) is 0. The standard InChI is InChI=1S/C32H24INS/c1-4-22(17-26-21(3)35-32-15-10-20(2)16-29(26)32)23-11-13-30-27(18-23)28-19-24(33)12-14-31(28)34(30)25-8-6-5-7-9-25/h4-19H,1H2,2-3H3/b22-17+. The largest absolute Gasteiger partial charge is 0.309 e. The van der Waals surface area contributed by atoms with Crippen molar-refractivity contribution in [2.24, 2.45) is 0 Å². The highest BCUT2D eigenvalue weighted by Gasteiger charge is 2.14. The number of para-hydroxylation sites is 1. The Morgan fingerprint density at radius 3 is 2.34 bits per heavy atom. The van der Waals surface area contributed by atoms with Crippen LogP contribution in [-0.4, -0.2) is 4.57 Å². The smallest absolute Gasteiger partial charge is 0.0541 e. The summed E-state index contributed by atoms with van der Waals surface area (Å²) in [6.07, 6.45) is 4.29. The number of hydrogen-bond acceptors (Lipinski definition) is 1. The Labute approximate surface area is 223 Å². The van der Waals surface area contributed by atoms with Gasteiger partial charge in [0.2, 0.25) is 0 Å². The van der Waals surface area contributed by atoms with E-state index in [2.05, 4.69) is 139 Å². The molecule has 3 heteroatoms. The van der Waals surface area contributed by atoms with Crippen LogP contribution >= 0.6 is 33.9 Å². The number of halogens is 1. The molecule has 6 aromatic rings. The van der Waals surface area contributed by atoms with Crippen molar-refractivity contribution in [3.63, 3.8) is 0 Å². The zero-order valence-electron chi connectivity index (χ0n) is 19.7. The average Bonchev–Trinajstić information content (AvgIpc) is 3.35. The van der Waals surface area contributed by atoms with Crippen LogP contribution in [0.25, 0.3) is 49.2 Å². The van der Waals surface area contributed by atoms with Gasteiger partial charge < -0.3 is 4.57 Å². The molecule has 0 aliphatic heterocycles. The van der Waals surface area contributed by atoms with E-state index in [9.17, 15) is 0 Å². The van der Waals surface area contributed by atoms with Crippen molar-refractivity contribution in [1.29, 1.82) is 0 Å². The minimum Gasteiger partial charge on any atom is -0.309 e. The molecule has 35 heavy (non-hydrogen) atoms. The first-order chi connectivity index (χ1) is 17.0. The van der Waals surface area contributed by atoms with Crippen LogP contribution in [0.15, 0.2) is 97.6 Å². The summed E-state index contributed by atoms with van der Waals surface area (Å²) in [7, 11) is 0. The maximum Gasteiger partial charge on any atom is 0.0541 e. The number of allylic oxidation sites excluding steroid dienone is 2. The highest BCUT2D eigenvalue weighted by molar-refractivity contribution is 14.1. The van der Waals surface area contributed by atoms with E-state index in [0.29, 0.717) is 0 Å². The molecule has 2 aromatic heterocycles. The van der Waals surface area contributed by atoms with Gasteiger partial charge in [0, 0.05) is 35.0 Å². The average molecular weight is 582 g/mol. The number of nitrogens with zero attached hydrogens (tertiary/aromatic N) is 1. The Morgan fingerprint density at radius 2 is 1.57 bits per heavy atom. The summed E-state index contributed by atoms with van der Waals surface area (Å²) in [5, 5.41) is 3.85. The van der Waals surface area contributed by atoms with E-state index in [1.165, 1.54) is 62.7 Å². The third kappa shape index (κ3) is 3.83. The predicted molar refractivity (Wildman–Crippen MR) is 163 cm³/mol. The fourth-order valence-electron chi connectivity index (χ4n) is 4.98. The van der Waals surface area contributed by atoms with Gasteiger partial charge in [0.1, 0.15) is 0 Å². The number of aryl methyl sites for hydroxylation is 2. The first-order valence-corrected chi connectivity index (χ1v) is 13.6. The maximum atomic E-state index is 4.18. The van der Waals surface area contributed by atoms with Gasteiger partial charge in [0.15, 0.2) is 0 Å². The van der Waals surface area contributed by atoms with Crippen LogP contribution in [0.4, 0.5) is 0 Å². The highest BCUT2D eigenvalue weighted by atomic mass is 127. The lowest BCUT2D eigenvalue weighted by atomic mass is 9.99. The third-order valence-corrected chi connectivity index (χ3v) is 8.44. The number of rotatable bonds is 4. The summed E-state index contributed by atoms with van der Waals surface area (Å²) in [6.45, 7) is 8.56. The first-order valence-electron chi connectivity index (χ1n) is 11.7. The molecule has 0 N–H and O–H groups in total. The van der Waals surface area contributed by atoms with Gasteiger partial charge in [-0.05, 0) is 114 Å². The maximum absolute atomic E-state index is 4.18.